The monoisotopic (exact) mass is 258 g/mol. The molecular weight excluding hydrogens is 228 g/mol. The Morgan fingerprint density at radius 1 is 0.765 bits per heavy atom. The molecule has 0 fully saturated rings. The van der Waals surface area contributed by atoms with Gasteiger partial charge in [-0.3, -0.25) is 0 Å². The van der Waals surface area contributed by atoms with Gasteiger partial charge in [0.15, 0.2) is 0 Å². The summed E-state index contributed by atoms with van der Waals surface area (Å²) in [4.78, 5) is 0. The summed E-state index contributed by atoms with van der Waals surface area (Å²) in [5.74, 6) is 0. The van der Waals surface area contributed by atoms with E-state index in [0.29, 0.717) is 0 Å². The molecule has 0 nitrogen and oxygen atoms in total. The molecule has 0 amide bonds. The normalized spacial score (nSPS) is 12.1. The van der Waals surface area contributed by atoms with Crippen molar-refractivity contribution in [2.24, 2.45) is 0 Å². The van der Waals surface area contributed by atoms with Gasteiger partial charge in [0.2, 0.25) is 0 Å². The van der Waals surface area contributed by atoms with E-state index in [1.807, 2.05) is 0 Å². The van der Waals surface area contributed by atoms with Crippen molar-refractivity contribution in [3.8, 4) is 0 Å². The van der Waals surface area contributed by atoms with E-state index in [1.165, 1.54) is 70.6 Å². The summed E-state index contributed by atoms with van der Waals surface area (Å²) in [5, 5.41) is 1.09. The van der Waals surface area contributed by atoms with Crippen LogP contribution in [0.3, 0.4) is 0 Å². The predicted octanol–water partition coefficient (Wildman–Crippen LogP) is 6.83. The van der Waals surface area contributed by atoms with Crippen LogP contribution in [0.5, 0.6) is 0 Å². The second-order valence-electron chi connectivity index (χ2n) is 5.02. The van der Waals surface area contributed by atoms with Gasteiger partial charge in [0.25, 0.3) is 0 Å². The smallest absolute Gasteiger partial charge is 0.0141 e. The van der Waals surface area contributed by atoms with Crippen LogP contribution in [0, 0.1) is 0 Å². The van der Waals surface area contributed by atoms with E-state index in [1.54, 1.807) is 0 Å². The third kappa shape index (κ3) is 14.0. The maximum atomic E-state index is 6.19. The van der Waals surface area contributed by atoms with Crippen molar-refractivity contribution in [2.45, 2.75) is 90.9 Å². The number of allylic oxidation sites excluding steroid dienone is 2. The third-order valence-corrected chi connectivity index (χ3v) is 3.54. The number of unbranched alkanes of at least 4 members (excludes halogenated alkanes) is 9. The van der Waals surface area contributed by atoms with Crippen molar-refractivity contribution in [1.29, 1.82) is 0 Å². The first-order valence-corrected chi connectivity index (χ1v) is 8.03. The molecule has 1 heteroatoms. The molecule has 0 aromatic heterocycles. The molecule has 0 heterocycles. The van der Waals surface area contributed by atoms with Gasteiger partial charge in [0.1, 0.15) is 0 Å². The fourth-order valence-corrected chi connectivity index (χ4v) is 2.25. The van der Waals surface area contributed by atoms with Crippen LogP contribution in [-0.4, -0.2) is 0 Å². The third-order valence-electron chi connectivity index (χ3n) is 3.19. The highest BCUT2D eigenvalue weighted by Gasteiger charge is 1.94. The molecule has 0 aliphatic rings. The molecule has 0 unspecified atom stereocenters. The zero-order valence-electron chi connectivity index (χ0n) is 11.9. The summed E-state index contributed by atoms with van der Waals surface area (Å²) in [6.07, 6.45) is 18.0. The van der Waals surface area contributed by atoms with Gasteiger partial charge in [-0.05, 0) is 25.7 Å². The zero-order valence-corrected chi connectivity index (χ0v) is 12.7. The summed E-state index contributed by atoms with van der Waals surface area (Å²) >= 11 is 6.19. The van der Waals surface area contributed by atoms with Crippen LogP contribution in [0.15, 0.2) is 11.1 Å². The van der Waals surface area contributed by atoms with Crippen molar-refractivity contribution in [2.75, 3.05) is 0 Å². The predicted molar refractivity (Wildman–Crippen MR) is 80.7 cm³/mol. The van der Waals surface area contributed by atoms with E-state index in [4.69, 9.17) is 11.6 Å². The fraction of sp³-hybridized carbons (Fsp3) is 0.875. The molecule has 0 saturated heterocycles. The summed E-state index contributed by atoms with van der Waals surface area (Å²) < 4.78 is 0. The molecule has 0 N–H and O–H groups in total. The first kappa shape index (κ1) is 17.0. The topological polar surface area (TPSA) is 0 Å². The maximum absolute atomic E-state index is 6.19. The van der Waals surface area contributed by atoms with Crippen LogP contribution in [0.4, 0.5) is 0 Å². The van der Waals surface area contributed by atoms with Crippen LogP contribution in [0.25, 0.3) is 0 Å². The highest BCUT2D eigenvalue weighted by molar-refractivity contribution is 6.29. The molecule has 0 aromatic carbocycles. The lowest BCUT2D eigenvalue weighted by Gasteiger charge is -2.01. The van der Waals surface area contributed by atoms with Crippen LogP contribution >= 0.6 is 11.6 Å². The van der Waals surface area contributed by atoms with Gasteiger partial charge in [-0.1, -0.05) is 82.9 Å². The Morgan fingerprint density at radius 3 is 1.94 bits per heavy atom. The van der Waals surface area contributed by atoms with Gasteiger partial charge in [0, 0.05) is 5.03 Å². The molecule has 0 saturated carbocycles. The Bertz CT molecular complexity index is 172. The fourth-order valence-electron chi connectivity index (χ4n) is 2.01. The first-order valence-electron chi connectivity index (χ1n) is 7.65. The molecule has 0 spiro atoms. The zero-order chi connectivity index (χ0) is 12.8. The molecule has 0 aromatic rings. The lowest BCUT2D eigenvalue weighted by atomic mass is 10.1. The van der Waals surface area contributed by atoms with Gasteiger partial charge in [-0.25, -0.2) is 0 Å². The van der Waals surface area contributed by atoms with Crippen molar-refractivity contribution in [3.63, 3.8) is 0 Å². The number of rotatable bonds is 12. The Morgan fingerprint density at radius 2 is 1.29 bits per heavy atom. The highest BCUT2D eigenvalue weighted by Crippen LogP contribution is 2.16. The SMILES string of the molecule is CCCCCC/C=C(\Cl)CCCCCCCC. The molecular formula is C16H31Cl. The van der Waals surface area contributed by atoms with E-state index >= 15 is 0 Å². The molecule has 0 radical (unpaired) electrons. The second-order valence-corrected chi connectivity index (χ2v) is 5.50. The number of halogens is 1. The summed E-state index contributed by atoms with van der Waals surface area (Å²) in [7, 11) is 0. The first-order chi connectivity index (χ1) is 8.31. The van der Waals surface area contributed by atoms with Crippen molar-refractivity contribution < 1.29 is 0 Å². The average molecular weight is 259 g/mol. The molecule has 0 aliphatic heterocycles. The largest absolute Gasteiger partial charge is 0.0895 e. The van der Waals surface area contributed by atoms with Gasteiger partial charge < -0.3 is 0 Å². The number of hydrogen-bond donors (Lipinski definition) is 0. The molecule has 17 heavy (non-hydrogen) atoms. The minimum absolute atomic E-state index is 1.09. The van der Waals surface area contributed by atoms with Crippen molar-refractivity contribution in [3.05, 3.63) is 11.1 Å². The average Bonchev–Trinajstić information content (AvgIpc) is 2.33. The molecule has 0 aliphatic carbocycles. The summed E-state index contributed by atoms with van der Waals surface area (Å²) in [6.45, 7) is 4.51. The lowest BCUT2D eigenvalue weighted by Crippen LogP contribution is -1.81. The van der Waals surface area contributed by atoms with Crippen molar-refractivity contribution in [1.82, 2.24) is 0 Å². The maximum Gasteiger partial charge on any atom is 0.0141 e. The highest BCUT2D eigenvalue weighted by atomic mass is 35.5. The standard InChI is InChI=1S/C16H31Cl/c1-3-5-7-9-11-13-15-16(17)14-12-10-8-6-4-2/h14H,3-13,15H2,1-2H3/b16-14-. The van der Waals surface area contributed by atoms with E-state index in [2.05, 4.69) is 19.9 Å². The lowest BCUT2D eigenvalue weighted by molar-refractivity contribution is 0.609. The summed E-state index contributed by atoms with van der Waals surface area (Å²) in [5.41, 5.74) is 0. The van der Waals surface area contributed by atoms with E-state index in [0.717, 1.165) is 11.5 Å². The Labute approximate surface area is 114 Å². The van der Waals surface area contributed by atoms with Crippen LogP contribution in [-0.2, 0) is 0 Å². The van der Waals surface area contributed by atoms with E-state index in [9.17, 15) is 0 Å². The van der Waals surface area contributed by atoms with Gasteiger partial charge in [0.05, 0.1) is 0 Å². The minimum atomic E-state index is 1.09. The Kier molecular flexibility index (Phi) is 14.1. The summed E-state index contributed by atoms with van der Waals surface area (Å²) in [6, 6.07) is 0. The van der Waals surface area contributed by atoms with Crippen molar-refractivity contribution >= 4 is 11.6 Å². The number of hydrogen-bond acceptors (Lipinski definition) is 0. The van der Waals surface area contributed by atoms with Gasteiger partial charge >= 0.3 is 0 Å². The molecule has 0 atom stereocenters. The second kappa shape index (κ2) is 14.1. The Hall–Kier alpha value is 0.0300. The van der Waals surface area contributed by atoms with Crippen LogP contribution < -0.4 is 0 Å². The van der Waals surface area contributed by atoms with E-state index < -0.39 is 0 Å². The van der Waals surface area contributed by atoms with E-state index in [-0.39, 0.29) is 0 Å². The van der Waals surface area contributed by atoms with Gasteiger partial charge in [-0.2, -0.15) is 0 Å². The van der Waals surface area contributed by atoms with Crippen LogP contribution in [0.1, 0.15) is 90.9 Å². The molecule has 0 rings (SSSR count). The van der Waals surface area contributed by atoms with Gasteiger partial charge in [-0.15, -0.1) is 0 Å². The molecule has 102 valence electrons. The minimum Gasteiger partial charge on any atom is -0.0895 e. The Balaban J connectivity index is 3.26. The van der Waals surface area contributed by atoms with Crippen LogP contribution in [0.2, 0.25) is 0 Å². The quantitative estimate of drug-likeness (QED) is 0.337. The molecule has 0 bridgehead atoms.